The Kier molecular flexibility index (Phi) is 10.2. The second kappa shape index (κ2) is 12.7. The number of aliphatic carboxylic acids is 1. The Bertz CT molecular complexity index is 1320. The average molecular weight is 576 g/mol. The summed E-state index contributed by atoms with van der Waals surface area (Å²) in [6.45, 7) is 7.33. The van der Waals surface area contributed by atoms with Crippen LogP contribution in [-0.4, -0.2) is 80.5 Å². The third-order valence-corrected chi connectivity index (χ3v) is 7.02. The van der Waals surface area contributed by atoms with Gasteiger partial charge in [-0.15, -0.1) is 0 Å². The third kappa shape index (κ3) is 8.49. The number of carbonyl (C=O) groups is 3. The first kappa shape index (κ1) is 31.2. The molecule has 0 bridgehead atoms. The predicted molar refractivity (Wildman–Crippen MR) is 135 cm³/mol. The van der Waals surface area contributed by atoms with E-state index in [2.05, 4.69) is 4.72 Å². The molecule has 0 atom stereocenters. The Morgan fingerprint density at radius 1 is 1.00 bits per heavy atom. The largest absolute Gasteiger partial charge is 0.490 e. The van der Waals surface area contributed by atoms with E-state index < -0.39 is 28.1 Å². The first-order chi connectivity index (χ1) is 18.1. The minimum atomic E-state index is -5.08. The number of amides is 1. The molecule has 0 aromatic heterocycles. The third-order valence-electron chi connectivity index (χ3n) is 5.50. The zero-order valence-corrected chi connectivity index (χ0v) is 22.1. The first-order valence-corrected chi connectivity index (χ1v) is 13.0. The fourth-order valence-electron chi connectivity index (χ4n) is 3.67. The maximum atomic E-state index is 13.1. The van der Waals surface area contributed by atoms with Crippen LogP contribution in [0.25, 0.3) is 0 Å². The lowest BCUT2D eigenvalue weighted by Crippen LogP contribution is -2.49. The molecule has 1 aliphatic rings. The molecular formula is C24H28F3N3O8S. The van der Waals surface area contributed by atoms with E-state index >= 15 is 0 Å². The number of benzene rings is 2. The number of hydrogen-bond donors (Lipinski definition) is 3. The number of halogens is 3. The highest BCUT2D eigenvalue weighted by molar-refractivity contribution is 7.92. The van der Waals surface area contributed by atoms with Crippen LogP contribution in [0.2, 0.25) is 0 Å². The Morgan fingerprint density at radius 2 is 1.59 bits per heavy atom. The van der Waals surface area contributed by atoms with Gasteiger partial charge >= 0.3 is 24.2 Å². The molecule has 0 aliphatic carbocycles. The van der Waals surface area contributed by atoms with Gasteiger partial charge in [0.25, 0.3) is 10.0 Å². The van der Waals surface area contributed by atoms with Gasteiger partial charge in [-0.1, -0.05) is 17.7 Å². The number of nitrogens with one attached hydrogen (secondary N) is 1. The number of carboxylic acids is 2. The summed E-state index contributed by atoms with van der Waals surface area (Å²) in [7, 11) is -3.95. The van der Waals surface area contributed by atoms with Gasteiger partial charge in [-0.25, -0.2) is 22.8 Å². The van der Waals surface area contributed by atoms with Crippen molar-refractivity contribution in [3.8, 4) is 0 Å². The topological polar surface area (TPSA) is 154 Å². The van der Waals surface area contributed by atoms with Crippen LogP contribution < -0.4 is 9.62 Å². The number of hydrogen-bond acceptors (Lipinski definition) is 7. The van der Waals surface area contributed by atoms with Crippen LogP contribution in [-0.2, 0) is 19.6 Å². The van der Waals surface area contributed by atoms with E-state index in [1.165, 1.54) is 18.2 Å². The van der Waals surface area contributed by atoms with E-state index in [0.29, 0.717) is 44.0 Å². The van der Waals surface area contributed by atoms with Gasteiger partial charge in [0.05, 0.1) is 28.4 Å². The molecule has 15 heteroatoms. The maximum absolute atomic E-state index is 13.1. The Balaban J connectivity index is 0.000000673. The molecule has 0 saturated carbocycles. The fraction of sp³-hybridized carbons (Fsp3) is 0.375. The number of rotatable bonds is 6. The number of anilines is 2. The number of piperazine rings is 1. The average Bonchev–Trinajstić information content (AvgIpc) is 2.83. The number of aryl methyl sites for hydroxylation is 2. The zero-order chi connectivity index (χ0) is 29.5. The smallest absolute Gasteiger partial charge is 0.478 e. The zero-order valence-electron chi connectivity index (χ0n) is 21.3. The van der Waals surface area contributed by atoms with Crippen LogP contribution >= 0.6 is 0 Å². The quantitative estimate of drug-likeness (QED) is 0.468. The molecule has 2 aromatic rings. The number of carbonyl (C=O) groups excluding carboxylic acids is 1. The van der Waals surface area contributed by atoms with Gasteiger partial charge in [0.15, 0.2) is 0 Å². The monoisotopic (exact) mass is 575 g/mol. The summed E-state index contributed by atoms with van der Waals surface area (Å²) in [5.41, 5.74) is 2.23. The van der Waals surface area contributed by atoms with Crippen molar-refractivity contribution in [3.05, 3.63) is 53.1 Å². The van der Waals surface area contributed by atoms with Crippen LogP contribution in [0.4, 0.5) is 29.3 Å². The van der Waals surface area contributed by atoms with Gasteiger partial charge in [-0.2, -0.15) is 13.2 Å². The molecule has 0 radical (unpaired) electrons. The number of carboxylic acid groups (broad SMARTS) is 2. The molecule has 11 nitrogen and oxygen atoms in total. The molecule has 3 rings (SSSR count). The fourth-order valence-corrected chi connectivity index (χ4v) is 4.96. The Morgan fingerprint density at radius 3 is 2.08 bits per heavy atom. The minimum absolute atomic E-state index is 0.0303. The van der Waals surface area contributed by atoms with E-state index in [1.54, 1.807) is 36.9 Å². The van der Waals surface area contributed by atoms with E-state index in [0.717, 1.165) is 5.56 Å². The van der Waals surface area contributed by atoms with Gasteiger partial charge in [-0.05, 0) is 50.6 Å². The first-order valence-electron chi connectivity index (χ1n) is 11.5. The molecule has 1 heterocycles. The SMILES string of the molecule is CCOC(=O)N1CCN(c2ccc(C(=O)O)cc2NS(=O)(=O)c2ccc(C)cc2C)CC1.O=C(O)C(F)(F)F. The standard InChI is InChI=1S/C22H27N3O6S.C2HF3O2/c1-4-31-22(28)25-11-9-24(10-12-25)19-7-6-17(21(26)27)14-18(19)23-32(29,30)20-8-5-15(2)13-16(20)3;3-2(4,5)1(6)7/h5-8,13-14,23H,4,9-12H2,1-3H3,(H,26,27);(H,6,7). The van der Waals surface area contributed by atoms with Crippen molar-refractivity contribution in [2.24, 2.45) is 0 Å². The number of aromatic carboxylic acids is 1. The van der Waals surface area contributed by atoms with Gasteiger partial charge in [0.2, 0.25) is 0 Å². The van der Waals surface area contributed by atoms with Crippen molar-refractivity contribution < 1.29 is 50.9 Å². The second-order valence-corrected chi connectivity index (χ2v) is 10.0. The van der Waals surface area contributed by atoms with Crippen LogP contribution in [0.1, 0.15) is 28.4 Å². The Labute approximate surface area is 222 Å². The highest BCUT2D eigenvalue weighted by Crippen LogP contribution is 2.31. The lowest BCUT2D eigenvalue weighted by Gasteiger charge is -2.36. The van der Waals surface area contributed by atoms with Crippen molar-refractivity contribution in [1.29, 1.82) is 0 Å². The van der Waals surface area contributed by atoms with E-state index in [4.69, 9.17) is 14.6 Å². The molecule has 3 N–H and O–H groups in total. The van der Waals surface area contributed by atoms with Crippen molar-refractivity contribution in [2.45, 2.75) is 31.8 Å². The minimum Gasteiger partial charge on any atom is -0.478 e. The number of nitrogens with zero attached hydrogens (tertiary/aromatic N) is 2. The molecule has 1 saturated heterocycles. The number of alkyl halides is 3. The van der Waals surface area contributed by atoms with Crippen molar-refractivity contribution >= 4 is 39.4 Å². The summed E-state index contributed by atoms with van der Waals surface area (Å²) in [5, 5.41) is 16.5. The van der Waals surface area contributed by atoms with Gasteiger partial charge in [-0.3, -0.25) is 4.72 Å². The van der Waals surface area contributed by atoms with Gasteiger partial charge in [0, 0.05) is 26.2 Å². The van der Waals surface area contributed by atoms with Crippen molar-refractivity contribution in [2.75, 3.05) is 42.4 Å². The lowest BCUT2D eigenvalue weighted by molar-refractivity contribution is -0.192. The molecule has 1 fully saturated rings. The summed E-state index contributed by atoms with van der Waals surface area (Å²) in [6, 6.07) is 9.36. The molecule has 2 aromatic carbocycles. The molecule has 39 heavy (non-hydrogen) atoms. The normalized spacial score (nSPS) is 13.7. The number of sulfonamides is 1. The Hall–Kier alpha value is -4.01. The van der Waals surface area contributed by atoms with Crippen LogP contribution in [0.5, 0.6) is 0 Å². The van der Waals surface area contributed by atoms with Gasteiger partial charge < -0.3 is 24.7 Å². The summed E-state index contributed by atoms with van der Waals surface area (Å²) >= 11 is 0. The van der Waals surface area contributed by atoms with Crippen LogP contribution in [0, 0.1) is 13.8 Å². The summed E-state index contributed by atoms with van der Waals surface area (Å²) in [6.07, 6.45) is -5.47. The van der Waals surface area contributed by atoms with Crippen molar-refractivity contribution in [3.63, 3.8) is 0 Å². The second-order valence-electron chi connectivity index (χ2n) is 8.39. The predicted octanol–water partition coefficient (Wildman–Crippen LogP) is 3.71. The highest BCUT2D eigenvalue weighted by atomic mass is 32.2. The molecular weight excluding hydrogens is 547 g/mol. The summed E-state index contributed by atoms with van der Waals surface area (Å²) in [4.78, 5) is 36.0. The van der Waals surface area contributed by atoms with Crippen LogP contribution in [0.3, 0.4) is 0 Å². The van der Waals surface area contributed by atoms with E-state index in [-0.39, 0.29) is 22.2 Å². The molecule has 214 valence electrons. The summed E-state index contributed by atoms with van der Waals surface area (Å²) in [5.74, 6) is -3.91. The highest BCUT2D eigenvalue weighted by Gasteiger charge is 2.38. The van der Waals surface area contributed by atoms with E-state index in [9.17, 15) is 36.3 Å². The molecule has 0 spiro atoms. The molecule has 0 unspecified atom stereocenters. The molecule has 1 aliphatic heterocycles. The van der Waals surface area contributed by atoms with Crippen LogP contribution in [0.15, 0.2) is 41.3 Å². The lowest BCUT2D eigenvalue weighted by atomic mass is 10.1. The summed E-state index contributed by atoms with van der Waals surface area (Å²) < 4.78 is 65.6. The maximum Gasteiger partial charge on any atom is 0.490 e. The van der Waals surface area contributed by atoms with Gasteiger partial charge in [0.1, 0.15) is 0 Å². The number of ether oxygens (including phenoxy) is 1. The van der Waals surface area contributed by atoms with Crippen molar-refractivity contribution in [1.82, 2.24) is 4.90 Å². The van der Waals surface area contributed by atoms with E-state index in [1.807, 2.05) is 11.8 Å². The molecule has 1 amide bonds.